The van der Waals surface area contributed by atoms with Gasteiger partial charge in [-0.25, -0.2) is 9.97 Å². The maximum absolute atomic E-state index is 11.7. The molecule has 0 fully saturated rings. The fourth-order valence-electron chi connectivity index (χ4n) is 6.53. The van der Waals surface area contributed by atoms with Crippen LogP contribution in [0.2, 0.25) is 0 Å². The molecule has 2 unspecified atom stereocenters. The molecule has 0 saturated heterocycles. The smallest absolute Gasteiger partial charge is 0.221 e. The van der Waals surface area contributed by atoms with E-state index in [1.165, 1.54) is 30.3 Å². The number of rotatable bonds is 5. The number of thiophene rings is 2. The van der Waals surface area contributed by atoms with Gasteiger partial charge in [-0.1, -0.05) is 31.7 Å². The van der Waals surface area contributed by atoms with E-state index in [0.717, 1.165) is 87.8 Å². The molecule has 4 aromatic heterocycles. The fraction of sp³-hybridized carbons (Fsp3) is 0.368. The number of aliphatic hydroxyl groups is 1. The van der Waals surface area contributed by atoms with Crippen LogP contribution in [0.5, 0.6) is 0 Å². The quantitative estimate of drug-likeness (QED) is 0.139. The highest BCUT2D eigenvalue weighted by atomic mass is 32.1. The van der Waals surface area contributed by atoms with Crippen LogP contribution in [-0.4, -0.2) is 65.1 Å². The Hall–Kier alpha value is -3.56. The molecule has 0 radical (unpaired) electrons. The number of nitrogens with two attached hydrogens (primary N) is 1. The minimum absolute atomic E-state index is 0. The molecule has 5 N–H and O–H groups in total. The van der Waals surface area contributed by atoms with Gasteiger partial charge in [0.15, 0.2) is 0 Å². The number of amides is 2. The number of nitrogens with zero attached hydrogens (tertiary/aromatic N) is 3. The number of likely N-dealkylation sites (N-methyl/N-ethyl adjacent to an activating group) is 1. The molecule has 0 bridgehead atoms. The summed E-state index contributed by atoms with van der Waals surface area (Å²) in [4.78, 5) is 38.0. The zero-order chi connectivity index (χ0) is 35.5. The van der Waals surface area contributed by atoms with Crippen molar-refractivity contribution in [2.45, 2.75) is 71.9 Å². The lowest BCUT2D eigenvalue weighted by Gasteiger charge is -2.28. The van der Waals surface area contributed by atoms with Gasteiger partial charge in [0, 0.05) is 53.9 Å². The number of para-hydroxylation sites is 2. The van der Waals surface area contributed by atoms with E-state index in [0.29, 0.717) is 6.04 Å². The van der Waals surface area contributed by atoms with Crippen LogP contribution in [0.15, 0.2) is 48.5 Å². The Morgan fingerprint density at radius 3 is 1.65 bits per heavy atom. The van der Waals surface area contributed by atoms with Gasteiger partial charge in [0.2, 0.25) is 11.8 Å². The number of thiazole rings is 2. The van der Waals surface area contributed by atoms with E-state index >= 15 is 0 Å². The first-order chi connectivity index (χ1) is 24.1. The Labute approximate surface area is 315 Å². The predicted molar refractivity (Wildman–Crippen MR) is 219 cm³/mol. The van der Waals surface area contributed by atoms with Crippen molar-refractivity contribution < 1.29 is 14.7 Å². The molecule has 4 heterocycles. The molecule has 51 heavy (non-hydrogen) atoms. The largest absolute Gasteiger partial charge is 0.400 e. The summed E-state index contributed by atoms with van der Waals surface area (Å²) in [6, 6.07) is 17.2. The number of carbonyl (C=O) groups is 2. The van der Waals surface area contributed by atoms with Gasteiger partial charge in [-0.2, -0.15) is 0 Å². The third-order valence-corrected chi connectivity index (χ3v) is 13.3. The first kappa shape index (κ1) is 38.7. The van der Waals surface area contributed by atoms with Crippen molar-refractivity contribution in [1.82, 2.24) is 14.9 Å². The number of hydrogen-bond donors (Lipinski definition) is 4. The Morgan fingerprint density at radius 2 is 1.20 bits per heavy atom. The second kappa shape index (κ2) is 16.8. The molecule has 9 nitrogen and oxygen atoms in total. The van der Waals surface area contributed by atoms with Gasteiger partial charge in [-0.3, -0.25) is 9.59 Å². The highest BCUT2D eigenvalue weighted by molar-refractivity contribution is 7.23. The molecule has 2 amide bonds. The van der Waals surface area contributed by atoms with Crippen LogP contribution >= 0.6 is 45.3 Å². The lowest BCUT2D eigenvalue weighted by molar-refractivity contribution is -0.115. The highest BCUT2D eigenvalue weighted by Crippen LogP contribution is 2.47. The summed E-state index contributed by atoms with van der Waals surface area (Å²) in [5.41, 5.74) is 13.1. The number of anilines is 2. The molecule has 0 saturated carbocycles. The predicted octanol–water partition coefficient (Wildman–Crippen LogP) is 8.45. The number of carbonyl (C=O) groups excluding carboxylic acids is 2. The van der Waals surface area contributed by atoms with Gasteiger partial charge < -0.3 is 26.4 Å². The van der Waals surface area contributed by atoms with E-state index in [-0.39, 0.29) is 25.3 Å². The van der Waals surface area contributed by atoms with Crippen LogP contribution < -0.4 is 16.4 Å². The highest BCUT2D eigenvalue weighted by Gasteiger charge is 2.30. The third kappa shape index (κ3) is 8.41. The summed E-state index contributed by atoms with van der Waals surface area (Å²) in [5, 5.41) is 16.9. The first-order valence-corrected chi connectivity index (χ1v) is 19.8. The van der Waals surface area contributed by atoms with Crippen molar-refractivity contribution in [3.63, 3.8) is 0 Å². The fourth-order valence-corrected chi connectivity index (χ4v) is 11.5. The van der Waals surface area contributed by atoms with Crippen molar-refractivity contribution in [3.8, 4) is 21.1 Å². The van der Waals surface area contributed by atoms with E-state index in [4.69, 9.17) is 20.8 Å². The summed E-state index contributed by atoms with van der Waals surface area (Å²) < 4.78 is 2.36. The molecule has 2 aromatic carbocycles. The molecule has 2 aliphatic carbocycles. The second-order valence-corrected chi connectivity index (χ2v) is 16.9. The van der Waals surface area contributed by atoms with E-state index < -0.39 is 0 Å². The minimum atomic E-state index is -0.0461. The van der Waals surface area contributed by atoms with Crippen molar-refractivity contribution in [2.75, 3.05) is 31.8 Å². The topological polar surface area (TPSA) is 133 Å². The summed E-state index contributed by atoms with van der Waals surface area (Å²) in [5.74, 6) is -0.0691. The molecular weight excluding hydrogens is 717 g/mol. The van der Waals surface area contributed by atoms with E-state index in [9.17, 15) is 9.59 Å². The second-order valence-electron chi connectivity index (χ2n) is 12.6. The van der Waals surface area contributed by atoms with E-state index in [2.05, 4.69) is 41.8 Å². The van der Waals surface area contributed by atoms with Gasteiger partial charge in [0.25, 0.3) is 0 Å². The molecule has 0 spiro atoms. The first-order valence-electron chi connectivity index (χ1n) is 16.6. The maximum atomic E-state index is 11.7. The molecule has 0 aliphatic heterocycles. The van der Waals surface area contributed by atoms with Gasteiger partial charge in [0.05, 0.1) is 20.4 Å². The summed E-state index contributed by atoms with van der Waals surface area (Å²) in [7, 11) is 5.29. The normalized spacial score (nSPS) is 16.2. The number of fused-ring (bicyclic) bond motifs is 4. The Bertz CT molecular complexity index is 2080. The molecule has 13 heteroatoms. The minimum Gasteiger partial charge on any atom is -0.400 e. The van der Waals surface area contributed by atoms with Crippen molar-refractivity contribution >= 4 is 87.6 Å². The van der Waals surface area contributed by atoms with Crippen LogP contribution in [0.1, 0.15) is 55.0 Å². The van der Waals surface area contributed by atoms with Crippen LogP contribution in [0.25, 0.3) is 41.6 Å². The zero-order valence-corrected chi connectivity index (χ0v) is 32.1. The number of hydrogen-bond acceptors (Lipinski definition) is 11. The van der Waals surface area contributed by atoms with Crippen molar-refractivity contribution in [1.29, 1.82) is 0 Å². The van der Waals surface area contributed by atoms with E-state index in [1.54, 1.807) is 59.2 Å². The monoisotopic (exact) mass is 762 g/mol. The number of aliphatic hydroxyl groups excluding tert-OH is 1. The molecule has 270 valence electrons. The average molecular weight is 763 g/mol. The van der Waals surface area contributed by atoms with Gasteiger partial charge in [0.1, 0.15) is 20.0 Å². The maximum Gasteiger partial charge on any atom is 0.221 e. The summed E-state index contributed by atoms with van der Waals surface area (Å²) in [6.07, 6.45) is 6.06. The number of aromatic nitrogens is 2. The van der Waals surface area contributed by atoms with Crippen LogP contribution in [0.4, 0.5) is 10.0 Å². The standard InChI is InChI=1S/C19H21N3OS2.C17H17N3OS2.CH4O.CH4/c1-11(23)20-18-17(19-21-14-6-4-5-7-15(14)24-19)13-9-8-12(22(2)3)10-16(13)25-18;1-9(21)19-16-15(11-7-6-10(18)8-14(11)23-16)17-20-12-4-2-3-5-13(12)22-17;1-2;/h4-7,12H,8-10H2,1-3H3,(H,20,23);2-5,10H,6-8,18H2,1H3,(H,19,21);2H,1H3;1H4. The SMILES string of the molecule is C.CC(=O)Nc1sc2c(c1-c1nc3ccccc3s1)CCC(N(C)C)C2.CC(=O)Nc1sc2c(c1-c1nc3ccccc3s1)CCC(N)C2.CO. The van der Waals surface area contributed by atoms with E-state index in [1.807, 2.05) is 36.4 Å². The van der Waals surface area contributed by atoms with Crippen LogP contribution in [0.3, 0.4) is 0 Å². The zero-order valence-electron chi connectivity index (χ0n) is 28.8. The Balaban J connectivity index is 0.000000186. The molecule has 8 rings (SSSR count). The lowest BCUT2D eigenvalue weighted by atomic mass is 9.91. The molecule has 2 aliphatic rings. The van der Waals surface area contributed by atoms with Gasteiger partial charge in [-0.05, 0) is 88.0 Å². The summed E-state index contributed by atoms with van der Waals surface area (Å²) in [6.45, 7) is 3.12. The van der Waals surface area contributed by atoms with Crippen molar-refractivity contribution in [2.24, 2.45) is 5.73 Å². The molecule has 2 atom stereocenters. The summed E-state index contributed by atoms with van der Waals surface area (Å²) >= 11 is 6.77. The van der Waals surface area contributed by atoms with Gasteiger partial charge in [-0.15, -0.1) is 45.3 Å². The van der Waals surface area contributed by atoms with Crippen molar-refractivity contribution in [3.05, 3.63) is 69.4 Å². The Morgan fingerprint density at radius 1 is 0.745 bits per heavy atom. The molecular formula is C38H46N6O3S4. The number of nitrogens with one attached hydrogen (secondary N) is 2. The molecule has 6 aromatic rings. The Kier molecular flexibility index (Phi) is 12.8. The average Bonchev–Trinajstić information content (AvgIpc) is 3.86. The van der Waals surface area contributed by atoms with Crippen LogP contribution in [-0.2, 0) is 35.3 Å². The number of benzene rings is 2. The third-order valence-electron chi connectivity index (χ3n) is 8.87. The lowest BCUT2D eigenvalue weighted by Crippen LogP contribution is -2.32. The van der Waals surface area contributed by atoms with Crippen LogP contribution in [0, 0.1) is 0 Å². The van der Waals surface area contributed by atoms with Gasteiger partial charge >= 0.3 is 0 Å².